The maximum Gasteiger partial charge on any atom is 0.321 e. The van der Waals surface area contributed by atoms with Gasteiger partial charge in [0.15, 0.2) is 5.13 Å². The molecule has 0 saturated carbocycles. The summed E-state index contributed by atoms with van der Waals surface area (Å²) in [6.45, 7) is 4.80. The third-order valence-electron chi connectivity index (χ3n) is 4.34. The van der Waals surface area contributed by atoms with E-state index in [1.54, 1.807) is 16.8 Å². The van der Waals surface area contributed by atoms with Crippen LogP contribution in [0.3, 0.4) is 0 Å². The van der Waals surface area contributed by atoms with Gasteiger partial charge in [-0.2, -0.15) is 4.72 Å². The molecule has 0 aliphatic rings. The number of aromatic nitrogens is 1. The van der Waals surface area contributed by atoms with E-state index in [0.717, 1.165) is 22.5 Å². The molecule has 0 aliphatic carbocycles. The van der Waals surface area contributed by atoms with Crippen molar-refractivity contribution in [3.63, 3.8) is 0 Å². The Morgan fingerprint density at radius 1 is 1.16 bits per heavy atom. The van der Waals surface area contributed by atoms with Gasteiger partial charge in [-0.25, -0.2) is 13.4 Å². The van der Waals surface area contributed by atoms with Crippen molar-refractivity contribution < 1.29 is 22.7 Å². The second-order valence-electron chi connectivity index (χ2n) is 6.66. The Morgan fingerprint density at radius 2 is 1.94 bits per heavy atom. The van der Waals surface area contributed by atoms with Crippen LogP contribution in [0.2, 0.25) is 0 Å². The number of esters is 1. The van der Waals surface area contributed by atoms with Gasteiger partial charge >= 0.3 is 5.97 Å². The van der Waals surface area contributed by atoms with Gasteiger partial charge in [-0.15, -0.1) is 22.7 Å². The molecule has 3 aromatic rings. The summed E-state index contributed by atoms with van der Waals surface area (Å²) in [5, 5.41) is 3.78. The molecule has 2 heterocycles. The van der Waals surface area contributed by atoms with Crippen molar-refractivity contribution in [3.05, 3.63) is 57.9 Å². The van der Waals surface area contributed by atoms with Crippen LogP contribution in [0.1, 0.15) is 23.7 Å². The second kappa shape index (κ2) is 9.69. The minimum atomic E-state index is -3.74. The highest BCUT2D eigenvalue weighted by molar-refractivity contribution is 7.91. The average Bonchev–Trinajstić information content (AvgIpc) is 3.40. The summed E-state index contributed by atoms with van der Waals surface area (Å²) >= 11 is 2.31. The topological polar surface area (TPSA) is 106 Å². The van der Waals surface area contributed by atoms with Crippen molar-refractivity contribution >= 4 is 55.4 Å². The van der Waals surface area contributed by atoms with E-state index in [-0.39, 0.29) is 16.7 Å². The third kappa shape index (κ3) is 5.76. The Balaban J connectivity index is 1.61. The lowest BCUT2D eigenvalue weighted by atomic mass is 10.1. The first-order chi connectivity index (χ1) is 14.7. The molecule has 0 spiro atoms. The second-order valence-corrected chi connectivity index (χ2v) is 10.4. The van der Waals surface area contributed by atoms with E-state index in [0.29, 0.717) is 16.5 Å². The fraction of sp³-hybridized carbons (Fsp3) is 0.250. The van der Waals surface area contributed by atoms with Crippen molar-refractivity contribution in [3.8, 4) is 0 Å². The number of nitrogens with zero attached hydrogens (tertiary/aromatic N) is 2. The van der Waals surface area contributed by atoms with Crippen molar-refractivity contribution in [1.82, 2.24) is 9.71 Å². The summed E-state index contributed by atoms with van der Waals surface area (Å²) in [4.78, 5) is 30.1. The van der Waals surface area contributed by atoms with Crippen LogP contribution >= 0.6 is 22.7 Å². The Morgan fingerprint density at radius 3 is 2.58 bits per heavy atom. The molecular weight excluding hydrogens is 458 g/mol. The molecule has 1 N–H and O–H groups in total. The number of rotatable bonds is 8. The molecule has 0 aliphatic heterocycles. The Hall–Kier alpha value is -2.60. The van der Waals surface area contributed by atoms with E-state index in [9.17, 15) is 18.0 Å². The summed E-state index contributed by atoms with van der Waals surface area (Å²) in [5.74, 6) is -0.920. The molecule has 0 atom stereocenters. The smallest absolute Gasteiger partial charge is 0.321 e. The first-order valence-electron chi connectivity index (χ1n) is 9.18. The fourth-order valence-electron chi connectivity index (χ4n) is 2.60. The Labute approximate surface area is 188 Å². The number of nitrogens with one attached hydrogen (secondary N) is 1. The van der Waals surface area contributed by atoms with E-state index in [1.165, 1.54) is 29.2 Å². The van der Waals surface area contributed by atoms with Crippen LogP contribution in [0.25, 0.3) is 0 Å². The van der Waals surface area contributed by atoms with Gasteiger partial charge in [-0.3, -0.25) is 14.5 Å². The number of sulfonamides is 1. The number of aryl methyl sites for hydroxylation is 2. The summed E-state index contributed by atoms with van der Waals surface area (Å²) in [6, 6.07) is 8.77. The normalized spacial score (nSPS) is 11.3. The highest BCUT2D eigenvalue weighted by Crippen LogP contribution is 2.30. The lowest BCUT2D eigenvalue weighted by Gasteiger charge is -2.19. The van der Waals surface area contributed by atoms with Crippen LogP contribution in [-0.4, -0.2) is 31.8 Å². The number of thiazole rings is 1. The summed E-state index contributed by atoms with van der Waals surface area (Å²) < 4.78 is 31.5. The molecule has 31 heavy (non-hydrogen) atoms. The van der Waals surface area contributed by atoms with Crippen molar-refractivity contribution in [2.45, 2.75) is 31.6 Å². The van der Waals surface area contributed by atoms with Crippen molar-refractivity contribution in [2.24, 2.45) is 0 Å². The van der Waals surface area contributed by atoms with E-state index in [2.05, 4.69) is 9.71 Å². The fourth-order valence-corrected chi connectivity index (χ4v) is 5.48. The van der Waals surface area contributed by atoms with Crippen LogP contribution < -0.4 is 9.62 Å². The first-order valence-corrected chi connectivity index (χ1v) is 12.4. The molecule has 1 aromatic carbocycles. The molecule has 3 rings (SSSR count). The highest BCUT2D eigenvalue weighted by Gasteiger charge is 2.20. The van der Waals surface area contributed by atoms with Crippen LogP contribution in [-0.2, 0) is 31.0 Å². The van der Waals surface area contributed by atoms with E-state index >= 15 is 0 Å². The average molecular weight is 480 g/mol. The van der Waals surface area contributed by atoms with Gasteiger partial charge in [0.25, 0.3) is 10.0 Å². The van der Waals surface area contributed by atoms with Gasteiger partial charge in [0.1, 0.15) is 17.4 Å². The van der Waals surface area contributed by atoms with Gasteiger partial charge in [-0.1, -0.05) is 12.1 Å². The van der Waals surface area contributed by atoms with Gasteiger partial charge < -0.3 is 4.74 Å². The minimum Gasteiger partial charge on any atom is -0.458 e. The van der Waals surface area contributed by atoms with E-state index in [4.69, 9.17) is 4.74 Å². The van der Waals surface area contributed by atoms with Crippen LogP contribution in [0.5, 0.6) is 0 Å². The number of carbonyl (C=O) groups excluding carboxylic acids is 2. The molecule has 0 fully saturated rings. The number of anilines is 2. The molecular formula is C20H21N3O5S3. The van der Waals surface area contributed by atoms with E-state index in [1.807, 2.05) is 32.0 Å². The first kappa shape index (κ1) is 23.1. The number of hydrogen-bond donors (Lipinski definition) is 1. The number of carbonyl (C=O) groups is 2. The molecule has 0 radical (unpaired) electrons. The van der Waals surface area contributed by atoms with Crippen molar-refractivity contribution in [1.29, 1.82) is 0 Å². The molecule has 2 aromatic heterocycles. The molecule has 0 bridgehead atoms. The lowest BCUT2D eigenvalue weighted by molar-refractivity contribution is -0.143. The maximum atomic E-state index is 12.2. The predicted molar refractivity (Wildman–Crippen MR) is 120 cm³/mol. The maximum absolute atomic E-state index is 12.2. The van der Waals surface area contributed by atoms with Crippen LogP contribution in [0.15, 0.2) is 45.3 Å². The quantitative estimate of drug-likeness (QED) is 0.496. The number of thiophene rings is 1. The lowest BCUT2D eigenvalue weighted by Crippen LogP contribution is -2.30. The number of hydrogen-bond acceptors (Lipinski definition) is 8. The van der Waals surface area contributed by atoms with Gasteiger partial charge in [0.2, 0.25) is 5.91 Å². The monoisotopic (exact) mass is 479 g/mol. The number of amides is 1. The Kier molecular flexibility index (Phi) is 7.21. The standard InChI is InChI=1S/C20H21N3O5S3/c1-13-6-7-17(9-14(13)2)23(15(3)24)20-22-16(12-30-20)11-28-18(25)10-21-31(26,27)19-5-4-8-29-19/h4-9,12,21H,10-11H2,1-3H3. The van der Waals surface area contributed by atoms with E-state index < -0.39 is 22.5 Å². The number of ether oxygens (including phenoxy) is 1. The zero-order valence-corrected chi connectivity index (χ0v) is 19.6. The summed E-state index contributed by atoms with van der Waals surface area (Å²) in [5.41, 5.74) is 3.34. The van der Waals surface area contributed by atoms with Crippen LogP contribution in [0, 0.1) is 13.8 Å². The largest absolute Gasteiger partial charge is 0.458 e. The molecule has 0 unspecified atom stereocenters. The SMILES string of the molecule is CC(=O)N(c1ccc(C)c(C)c1)c1nc(COC(=O)CNS(=O)(=O)c2cccs2)cs1. The highest BCUT2D eigenvalue weighted by atomic mass is 32.2. The molecule has 164 valence electrons. The molecule has 11 heteroatoms. The molecule has 1 amide bonds. The van der Waals surface area contributed by atoms with Gasteiger partial charge in [-0.05, 0) is 48.6 Å². The number of benzene rings is 1. The summed E-state index contributed by atoms with van der Waals surface area (Å²) in [7, 11) is -3.74. The Bertz CT molecular complexity index is 1190. The van der Waals surface area contributed by atoms with Gasteiger partial charge in [0, 0.05) is 12.3 Å². The zero-order chi connectivity index (χ0) is 22.6. The zero-order valence-electron chi connectivity index (χ0n) is 17.1. The predicted octanol–water partition coefficient (Wildman–Crippen LogP) is 3.53. The minimum absolute atomic E-state index is 0.125. The summed E-state index contributed by atoms with van der Waals surface area (Å²) in [6.07, 6.45) is 0. The third-order valence-corrected chi connectivity index (χ3v) is 8.02. The van der Waals surface area contributed by atoms with Crippen LogP contribution in [0.4, 0.5) is 10.8 Å². The molecule has 8 nitrogen and oxygen atoms in total. The molecule has 0 saturated heterocycles. The van der Waals surface area contributed by atoms with Crippen molar-refractivity contribution in [2.75, 3.05) is 11.4 Å². The van der Waals surface area contributed by atoms with Gasteiger partial charge in [0.05, 0.1) is 11.4 Å².